The Kier molecular flexibility index (Phi) is 4.72. The zero-order chi connectivity index (χ0) is 16.8. The molecule has 0 amide bonds. The summed E-state index contributed by atoms with van der Waals surface area (Å²) in [4.78, 5) is 0. The van der Waals surface area contributed by atoms with Crippen molar-refractivity contribution in [3.8, 4) is 0 Å². The molecule has 0 aromatic heterocycles. The third kappa shape index (κ3) is 2.80. The van der Waals surface area contributed by atoms with E-state index in [1.807, 2.05) is 6.92 Å². The van der Waals surface area contributed by atoms with Crippen LogP contribution in [0.15, 0.2) is 22.3 Å². The Labute approximate surface area is 139 Å². The molecule has 3 heteroatoms. The fourth-order valence-corrected chi connectivity index (χ4v) is 5.34. The second-order valence-electron chi connectivity index (χ2n) is 8.36. The molecule has 5 atom stereocenters. The minimum absolute atomic E-state index is 0.0283. The van der Waals surface area contributed by atoms with Gasteiger partial charge in [0.05, 0.1) is 19.4 Å². The summed E-state index contributed by atoms with van der Waals surface area (Å²) >= 11 is 0. The van der Waals surface area contributed by atoms with Crippen molar-refractivity contribution in [2.45, 2.75) is 65.4 Å². The molecule has 0 aliphatic heterocycles. The zero-order valence-electron chi connectivity index (χ0n) is 14.7. The Hall–Kier alpha value is -0.670. The lowest BCUT2D eigenvalue weighted by molar-refractivity contribution is 0.0774. The molecule has 0 saturated heterocycles. The molecule has 130 valence electrons. The van der Waals surface area contributed by atoms with E-state index in [9.17, 15) is 14.6 Å². The van der Waals surface area contributed by atoms with Crippen molar-refractivity contribution in [1.82, 2.24) is 0 Å². The average Bonchev–Trinajstić information content (AvgIpc) is 3.07. The van der Waals surface area contributed by atoms with Crippen LogP contribution in [0.5, 0.6) is 0 Å². The molecular weight excluding hydrogens is 291 g/mol. The van der Waals surface area contributed by atoms with Crippen LogP contribution in [-0.2, 0) is 0 Å². The van der Waals surface area contributed by atoms with Gasteiger partial charge in [0.25, 0.3) is 0 Å². The molecule has 0 heterocycles. The van der Waals surface area contributed by atoms with Crippen molar-refractivity contribution >= 4 is 0 Å². The number of allylic oxidation sites excluding steroid dienone is 2. The second-order valence-corrected chi connectivity index (χ2v) is 8.36. The Morgan fingerprint density at radius 3 is 2.74 bits per heavy atom. The summed E-state index contributed by atoms with van der Waals surface area (Å²) in [5, 5.41) is 20.5. The van der Waals surface area contributed by atoms with Crippen LogP contribution in [-0.4, -0.2) is 29.6 Å². The van der Waals surface area contributed by atoms with E-state index in [0.717, 1.165) is 32.1 Å². The first-order valence-electron chi connectivity index (χ1n) is 9.19. The number of aliphatic hydroxyl groups excluding tert-OH is 2. The van der Waals surface area contributed by atoms with Crippen LogP contribution in [0.1, 0.15) is 59.3 Å². The Morgan fingerprint density at radius 1 is 1.35 bits per heavy atom. The molecule has 3 aliphatic rings. The molecule has 1 saturated carbocycles. The van der Waals surface area contributed by atoms with Gasteiger partial charge >= 0.3 is 0 Å². The van der Waals surface area contributed by atoms with Gasteiger partial charge in [-0.3, -0.25) is 4.39 Å². The lowest BCUT2D eigenvalue weighted by atomic mass is 9.67. The number of fused-ring (bicyclic) bond motifs is 2. The topological polar surface area (TPSA) is 40.5 Å². The van der Waals surface area contributed by atoms with Crippen molar-refractivity contribution < 1.29 is 14.6 Å². The molecule has 0 bridgehead atoms. The molecule has 3 aliphatic carbocycles. The summed E-state index contributed by atoms with van der Waals surface area (Å²) in [6.07, 6.45) is 5.38. The number of aliphatic hydroxyl groups is 2. The third-order valence-corrected chi connectivity index (χ3v) is 6.97. The van der Waals surface area contributed by atoms with Crippen LogP contribution in [0.25, 0.3) is 0 Å². The van der Waals surface area contributed by atoms with Crippen LogP contribution in [0.2, 0.25) is 0 Å². The summed E-state index contributed by atoms with van der Waals surface area (Å²) in [5.74, 6) is 0.598. The van der Waals surface area contributed by atoms with Gasteiger partial charge < -0.3 is 10.2 Å². The fourth-order valence-electron chi connectivity index (χ4n) is 5.34. The fraction of sp³-hybridized carbons (Fsp3) is 0.800. The van der Waals surface area contributed by atoms with E-state index < -0.39 is 0 Å². The van der Waals surface area contributed by atoms with Crippen LogP contribution in [0.3, 0.4) is 0 Å². The van der Waals surface area contributed by atoms with E-state index >= 15 is 0 Å². The number of rotatable bonds is 3. The van der Waals surface area contributed by atoms with Gasteiger partial charge in [-0.25, -0.2) is 0 Å². The summed E-state index contributed by atoms with van der Waals surface area (Å²) < 4.78 is 13.3. The average molecular weight is 322 g/mol. The van der Waals surface area contributed by atoms with Gasteiger partial charge in [-0.1, -0.05) is 37.5 Å². The van der Waals surface area contributed by atoms with Crippen molar-refractivity contribution in [3.05, 3.63) is 22.3 Å². The Balaban J connectivity index is 2.04. The second kappa shape index (κ2) is 6.33. The minimum atomic E-state index is -0.359. The van der Waals surface area contributed by atoms with Gasteiger partial charge in [-0.2, -0.15) is 0 Å². The standard InChI is InChI=1S/C20H31FO2/c1-12(10-21)15-6-7-20(3)9-17-14(11-22)4-5-16(17)13(2)19(23)8-18(15)20/h12-13,16,19,22-23H,4-11H2,1-3H3/t12-,13+,16-,19-,20+/m0/s1. The van der Waals surface area contributed by atoms with Crippen LogP contribution < -0.4 is 0 Å². The summed E-state index contributed by atoms with van der Waals surface area (Å²) in [6, 6.07) is 0. The van der Waals surface area contributed by atoms with Gasteiger partial charge in [0.15, 0.2) is 0 Å². The van der Waals surface area contributed by atoms with E-state index in [2.05, 4.69) is 13.8 Å². The molecule has 2 nitrogen and oxygen atoms in total. The van der Waals surface area contributed by atoms with Crippen molar-refractivity contribution in [1.29, 1.82) is 0 Å². The van der Waals surface area contributed by atoms with Crippen LogP contribution in [0, 0.1) is 23.2 Å². The quantitative estimate of drug-likeness (QED) is 0.765. The van der Waals surface area contributed by atoms with Crippen molar-refractivity contribution in [3.63, 3.8) is 0 Å². The molecule has 0 unspecified atom stereocenters. The summed E-state index contributed by atoms with van der Waals surface area (Å²) in [5.41, 5.74) is 5.20. The molecule has 0 aromatic carbocycles. The van der Waals surface area contributed by atoms with Gasteiger partial charge in [0.2, 0.25) is 0 Å². The SMILES string of the molecule is C[C@@H]1[C@@H]2CCC(CO)=C2C[C@@]2(C)CCC([C@@H](C)CF)=C2C[C@@H]1O. The lowest BCUT2D eigenvalue weighted by Crippen LogP contribution is -2.33. The predicted octanol–water partition coefficient (Wildman–Crippen LogP) is 4.18. The van der Waals surface area contributed by atoms with E-state index in [1.165, 1.54) is 22.3 Å². The number of hydrogen-bond donors (Lipinski definition) is 2. The first kappa shape index (κ1) is 17.2. The largest absolute Gasteiger partial charge is 0.392 e. The molecule has 0 radical (unpaired) electrons. The molecule has 23 heavy (non-hydrogen) atoms. The molecule has 0 spiro atoms. The molecule has 3 rings (SSSR count). The third-order valence-electron chi connectivity index (χ3n) is 6.97. The summed E-state index contributed by atoms with van der Waals surface area (Å²) in [6.45, 7) is 6.25. The highest BCUT2D eigenvalue weighted by molar-refractivity contribution is 5.36. The number of alkyl halides is 1. The zero-order valence-corrected chi connectivity index (χ0v) is 14.7. The Bertz CT molecular complexity index is 536. The van der Waals surface area contributed by atoms with E-state index in [1.54, 1.807) is 0 Å². The molecule has 1 fully saturated rings. The van der Waals surface area contributed by atoms with Gasteiger partial charge in [-0.05, 0) is 61.3 Å². The highest BCUT2D eigenvalue weighted by Gasteiger charge is 2.45. The maximum atomic E-state index is 13.3. The first-order chi connectivity index (χ1) is 10.9. The van der Waals surface area contributed by atoms with Crippen molar-refractivity contribution in [2.24, 2.45) is 23.2 Å². The van der Waals surface area contributed by atoms with Gasteiger partial charge in [-0.15, -0.1) is 0 Å². The van der Waals surface area contributed by atoms with Gasteiger partial charge in [0, 0.05) is 5.92 Å². The molecular formula is C20H31FO2. The first-order valence-corrected chi connectivity index (χ1v) is 9.19. The molecule has 0 aromatic rings. The predicted molar refractivity (Wildman–Crippen MR) is 90.7 cm³/mol. The maximum Gasteiger partial charge on any atom is 0.0957 e. The normalized spacial score (nSPS) is 39.1. The number of hydrogen-bond acceptors (Lipinski definition) is 2. The maximum absolute atomic E-state index is 13.3. The monoisotopic (exact) mass is 322 g/mol. The van der Waals surface area contributed by atoms with Gasteiger partial charge in [0.1, 0.15) is 0 Å². The van der Waals surface area contributed by atoms with E-state index in [0.29, 0.717) is 12.3 Å². The number of halogens is 1. The highest BCUT2D eigenvalue weighted by atomic mass is 19.1. The van der Waals surface area contributed by atoms with Crippen LogP contribution >= 0.6 is 0 Å². The van der Waals surface area contributed by atoms with Crippen LogP contribution in [0.4, 0.5) is 4.39 Å². The Morgan fingerprint density at radius 2 is 2.09 bits per heavy atom. The van der Waals surface area contributed by atoms with E-state index in [-0.39, 0.29) is 36.6 Å². The minimum Gasteiger partial charge on any atom is -0.392 e. The summed E-state index contributed by atoms with van der Waals surface area (Å²) in [7, 11) is 0. The smallest absolute Gasteiger partial charge is 0.0957 e. The lowest BCUT2D eigenvalue weighted by Gasteiger charge is -2.39. The van der Waals surface area contributed by atoms with E-state index in [4.69, 9.17) is 0 Å². The highest BCUT2D eigenvalue weighted by Crippen LogP contribution is 2.56. The molecule has 2 N–H and O–H groups in total. The van der Waals surface area contributed by atoms with Crippen molar-refractivity contribution in [2.75, 3.05) is 13.3 Å².